The second-order valence-corrected chi connectivity index (χ2v) is 6.23. The molecule has 0 spiro atoms. The molecular formula is C19H25NO3. The standard InChI is InChI=1S/C19H25NO3/c1-13(2)11-15-5-7-16(8-6-15)14(3)20-19(21)18-10-9-17(23-18)12-22-4/h5-10,13-14H,11-12H2,1-4H3,(H,20,21). The van der Waals surface area contributed by atoms with E-state index in [1.54, 1.807) is 19.2 Å². The van der Waals surface area contributed by atoms with Crippen LogP contribution in [0.3, 0.4) is 0 Å². The van der Waals surface area contributed by atoms with Crippen LogP contribution in [0.2, 0.25) is 0 Å². The predicted octanol–water partition coefficient (Wildman–Crippen LogP) is 4.12. The van der Waals surface area contributed by atoms with Crippen molar-refractivity contribution in [3.05, 3.63) is 59.0 Å². The number of ether oxygens (including phenoxy) is 1. The maximum absolute atomic E-state index is 12.2. The van der Waals surface area contributed by atoms with Gasteiger partial charge in [0, 0.05) is 7.11 Å². The van der Waals surface area contributed by atoms with E-state index >= 15 is 0 Å². The summed E-state index contributed by atoms with van der Waals surface area (Å²) in [5.74, 6) is 1.37. The number of carbonyl (C=O) groups is 1. The van der Waals surface area contributed by atoms with Gasteiger partial charge in [0.05, 0.1) is 6.04 Å². The van der Waals surface area contributed by atoms with Crippen molar-refractivity contribution in [3.8, 4) is 0 Å². The van der Waals surface area contributed by atoms with Crippen molar-refractivity contribution >= 4 is 5.91 Å². The molecule has 0 saturated heterocycles. The van der Waals surface area contributed by atoms with Crippen LogP contribution >= 0.6 is 0 Å². The fourth-order valence-electron chi connectivity index (χ4n) is 2.48. The van der Waals surface area contributed by atoms with Gasteiger partial charge < -0.3 is 14.5 Å². The smallest absolute Gasteiger partial charge is 0.287 e. The van der Waals surface area contributed by atoms with Crippen molar-refractivity contribution in [2.45, 2.75) is 39.8 Å². The number of benzene rings is 1. The van der Waals surface area contributed by atoms with E-state index in [2.05, 4.69) is 43.4 Å². The lowest BCUT2D eigenvalue weighted by Gasteiger charge is -2.14. The van der Waals surface area contributed by atoms with Gasteiger partial charge in [0.1, 0.15) is 12.4 Å². The minimum Gasteiger partial charge on any atom is -0.453 e. The molecule has 124 valence electrons. The zero-order valence-corrected chi connectivity index (χ0v) is 14.3. The third-order valence-corrected chi connectivity index (χ3v) is 3.64. The van der Waals surface area contributed by atoms with E-state index in [1.807, 2.05) is 6.92 Å². The van der Waals surface area contributed by atoms with E-state index in [1.165, 1.54) is 5.56 Å². The summed E-state index contributed by atoms with van der Waals surface area (Å²) in [6.45, 7) is 6.74. The molecule has 1 atom stereocenters. The number of hydrogen-bond acceptors (Lipinski definition) is 3. The van der Waals surface area contributed by atoms with E-state index in [0.717, 1.165) is 12.0 Å². The Hall–Kier alpha value is -2.07. The number of nitrogens with one attached hydrogen (secondary N) is 1. The SMILES string of the molecule is COCc1ccc(C(=O)NC(C)c2ccc(CC(C)C)cc2)o1. The molecule has 23 heavy (non-hydrogen) atoms. The normalized spacial score (nSPS) is 12.4. The summed E-state index contributed by atoms with van der Waals surface area (Å²) in [5, 5.41) is 2.95. The molecule has 0 aliphatic rings. The molecule has 2 rings (SSSR count). The van der Waals surface area contributed by atoms with Crippen LogP contribution in [-0.2, 0) is 17.8 Å². The van der Waals surface area contributed by atoms with Gasteiger partial charge in [0.15, 0.2) is 5.76 Å². The number of carbonyl (C=O) groups excluding carboxylic acids is 1. The first-order valence-corrected chi connectivity index (χ1v) is 7.97. The maximum Gasteiger partial charge on any atom is 0.287 e. The molecule has 0 bridgehead atoms. The van der Waals surface area contributed by atoms with Gasteiger partial charge in [-0.1, -0.05) is 38.1 Å². The Kier molecular flexibility index (Phi) is 5.99. The van der Waals surface area contributed by atoms with Gasteiger partial charge in [-0.15, -0.1) is 0 Å². The number of amides is 1. The molecule has 2 aromatic rings. The van der Waals surface area contributed by atoms with E-state index in [9.17, 15) is 4.79 Å². The number of rotatable bonds is 7. The highest BCUT2D eigenvalue weighted by Crippen LogP contribution is 2.17. The number of furan rings is 1. The molecule has 0 aliphatic carbocycles. The first kappa shape index (κ1) is 17.3. The molecule has 4 nitrogen and oxygen atoms in total. The summed E-state index contributed by atoms with van der Waals surface area (Å²) in [5.41, 5.74) is 2.40. The minimum atomic E-state index is -0.217. The van der Waals surface area contributed by atoms with E-state index in [0.29, 0.717) is 24.0 Å². The quantitative estimate of drug-likeness (QED) is 0.836. The average molecular weight is 315 g/mol. The average Bonchev–Trinajstić information content (AvgIpc) is 2.96. The predicted molar refractivity (Wildman–Crippen MR) is 90.3 cm³/mol. The molecular weight excluding hydrogens is 290 g/mol. The zero-order valence-electron chi connectivity index (χ0n) is 14.3. The van der Waals surface area contributed by atoms with Crippen LogP contribution in [0, 0.1) is 5.92 Å². The largest absolute Gasteiger partial charge is 0.453 e. The molecule has 0 fully saturated rings. The molecule has 0 saturated carbocycles. The molecule has 0 aliphatic heterocycles. The van der Waals surface area contributed by atoms with Crippen molar-refractivity contribution in [2.75, 3.05) is 7.11 Å². The summed E-state index contributed by atoms with van der Waals surface area (Å²) in [6, 6.07) is 11.7. The fraction of sp³-hybridized carbons (Fsp3) is 0.421. The Morgan fingerprint density at radius 2 is 1.83 bits per heavy atom. The molecule has 0 radical (unpaired) electrons. The van der Waals surface area contributed by atoms with Crippen LogP contribution in [0.25, 0.3) is 0 Å². The molecule has 1 aromatic heterocycles. The third-order valence-electron chi connectivity index (χ3n) is 3.64. The van der Waals surface area contributed by atoms with Crippen LogP contribution in [0.15, 0.2) is 40.8 Å². The Morgan fingerprint density at radius 3 is 2.43 bits per heavy atom. The highest BCUT2D eigenvalue weighted by atomic mass is 16.5. The summed E-state index contributed by atoms with van der Waals surface area (Å²) in [4.78, 5) is 12.2. The first-order chi connectivity index (χ1) is 11.0. The van der Waals surface area contributed by atoms with Crippen LogP contribution < -0.4 is 5.32 Å². The van der Waals surface area contributed by atoms with Gasteiger partial charge in [-0.05, 0) is 42.5 Å². The van der Waals surface area contributed by atoms with E-state index in [4.69, 9.17) is 9.15 Å². The molecule has 1 aromatic carbocycles. The summed E-state index contributed by atoms with van der Waals surface area (Å²) < 4.78 is 10.4. The summed E-state index contributed by atoms with van der Waals surface area (Å²) >= 11 is 0. The monoisotopic (exact) mass is 315 g/mol. The Balaban J connectivity index is 1.97. The van der Waals surface area contributed by atoms with Gasteiger partial charge in [-0.3, -0.25) is 4.79 Å². The van der Waals surface area contributed by atoms with Crippen LogP contribution in [0.5, 0.6) is 0 Å². The zero-order chi connectivity index (χ0) is 16.8. The van der Waals surface area contributed by atoms with Crippen molar-refractivity contribution in [1.29, 1.82) is 0 Å². The Morgan fingerprint density at radius 1 is 1.13 bits per heavy atom. The lowest BCUT2D eigenvalue weighted by Crippen LogP contribution is -2.26. The molecule has 1 N–H and O–H groups in total. The first-order valence-electron chi connectivity index (χ1n) is 7.97. The lowest BCUT2D eigenvalue weighted by molar-refractivity contribution is 0.0903. The highest BCUT2D eigenvalue weighted by molar-refractivity contribution is 5.91. The molecule has 1 amide bonds. The van der Waals surface area contributed by atoms with Crippen molar-refractivity contribution in [1.82, 2.24) is 5.32 Å². The second-order valence-electron chi connectivity index (χ2n) is 6.23. The Bertz CT molecular complexity index is 628. The van der Waals surface area contributed by atoms with E-state index in [-0.39, 0.29) is 11.9 Å². The van der Waals surface area contributed by atoms with Gasteiger partial charge in [-0.2, -0.15) is 0 Å². The number of methoxy groups -OCH3 is 1. The van der Waals surface area contributed by atoms with Crippen LogP contribution in [0.4, 0.5) is 0 Å². The molecule has 4 heteroatoms. The van der Waals surface area contributed by atoms with Gasteiger partial charge in [0.2, 0.25) is 0 Å². The molecule has 1 heterocycles. The lowest BCUT2D eigenvalue weighted by atomic mass is 10.00. The fourth-order valence-corrected chi connectivity index (χ4v) is 2.48. The van der Waals surface area contributed by atoms with Crippen LogP contribution in [0.1, 0.15) is 54.3 Å². The third kappa shape index (κ3) is 4.96. The van der Waals surface area contributed by atoms with Crippen molar-refractivity contribution in [2.24, 2.45) is 5.92 Å². The maximum atomic E-state index is 12.2. The van der Waals surface area contributed by atoms with E-state index < -0.39 is 0 Å². The minimum absolute atomic E-state index is 0.0772. The highest BCUT2D eigenvalue weighted by Gasteiger charge is 2.15. The van der Waals surface area contributed by atoms with Crippen molar-refractivity contribution in [3.63, 3.8) is 0 Å². The second kappa shape index (κ2) is 7.97. The van der Waals surface area contributed by atoms with Gasteiger partial charge in [-0.25, -0.2) is 0 Å². The van der Waals surface area contributed by atoms with Crippen LogP contribution in [-0.4, -0.2) is 13.0 Å². The summed E-state index contributed by atoms with van der Waals surface area (Å²) in [6.07, 6.45) is 1.07. The summed E-state index contributed by atoms with van der Waals surface area (Å²) in [7, 11) is 1.59. The van der Waals surface area contributed by atoms with Crippen molar-refractivity contribution < 1.29 is 13.9 Å². The van der Waals surface area contributed by atoms with Gasteiger partial charge in [0.25, 0.3) is 5.91 Å². The topological polar surface area (TPSA) is 51.5 Å². The van der Waals surface area contributed by atoms with Gasteiger partial charge >= 0.3 is 0 Å². The Labute approximate surface area is 137 Å². The number of hydrogen-bond donors (Lipinski definition) is 1. The molecule has 1 unspecified atom stereocenters.